The number of urea groups is 1. The van der Waals surface area contributed by atoms with Crippen LogP contribution in [0.25, 0.3) is 0 Å². The monoisotopic (exact) mass is 316 g/mol. The van der Waals surface area contributed by atoms with Gasteiger partial charge in [0.05, 0.1) is 11.5 Å². The molecule has 1 fully saturated rings. The topological polar surface area (TPSA) is 75.3 Å². The molecule has 20 heavy (non-hydrogen) atoms. The van der Waals surface area contributed by atoms with E-state index >= 15 is 0 Å². The predicted molar refractivity (Wildman–Crippen MR) is 80.0 cm³/mol. The third-order valence-corrected chi connectivity index (χ3v) is 5.39. The summed E-state index contributed by atoms with van der Waals surface area (Å²) in [5.74, 6) is 0.391. The Hall–Kier alpha value is -1.27. The molecule has 0 radical (unpaired) electrons. The Morgan fingerprint density at radius 2 is 2.20 bits per heavy atom. The number of halogens is 1. The Bertz CT molecular complexity index is 616. The maximum absolute atomic E-state index is 11.8. The summed E-state index contributed by atoms with van der Waals surface area (Å²) in [6.45, 7) is 2.22. The van der Waals surface area contributed by atoms with Gasteiger partial charge in [-0.2, -0.15) is 0 Å². The molecule has 5 nitrogen and oxygen atoms in total. The van der Waals surface area contributed by atoms with Gasteiger partial charge in [0.15, 0.2) is 9.84 Å². The number of hydrogen-bond acceptors (Lipinski definition) is 3. The number of benzene rings is 1. The van der Waals surface area contributed by atoms with E-state index in [1.165, 1.54) is 0 Å². The van der Waals surface area contributed by atoms with Crippen LogP contribution in [0.5, 0.6) is 0 Å². The highest BCUT2D eigenvalue weighted by molar-refractivity contribution is 7.91. The van der Waals surface area contributed by atoms with Crippen molar-refractivity contribution in [1.29, 1.82) is 0 Å². The maximum atomic E-state index is 11.8. The van der Waals surface area contributed by atoms with Gasteiger partial charge in [0.2, 0.25) is 0 Å². The van der Waals surface area contributed by atoms with Gasteiger partial charge >= 0.3 is 6.03 Å². The van der Waals surface area contributed by atoms with Crippen molar-refractivity contribution in [3.8, 4) is 0 Å². The van der Waals surface area contributed by atoms with Crippen molar-refractivity contribution < 1.29 is 13.2 Å². The van der Waals surface area contributed by atoms with Gasteiger partial charge in [-0.05, 0) is 43.0 Å². The van der Waals surface area contributed by atoms with E-state index in [1.54, 1.807) is 18.2 Å². The molecule has 2 rings (SSSR count). The highest BCUT2D eigenvalue weighted by Gasteiger charge is 2.27. The van der Waals surface area contributed by atoms with Crippen molar-refractivity contribution >= 4 is 33.2 Å². The zero-order valence-corrected chi connectivity index (χ0v) is 12.7. The summed E-state index contributed by atoms with van der Waals surface area (Å²) in [6, 6.07) is 4.87. The van der Waals surface area contributed by atoms with Gasteiger partial charge < -0.3 is 10.6 Å². The zero-order chi connectivity index (χ0) is 14.8. The Morgan fingerprint density at radius 3 is 2.80 bits per heavy atom. The molecule has 1 saturated heterocycles. The number of carbonyl (C=O) groups is 1. The van der Waals surface area contributed by atoms with Crippen molar-refractivity contribution in [2.75, 3.05) is 23.4 Å². The number of sulfone groups is 1. The molecule has 1 aliphatic heterocycles. The van der Waals surface area contributed by atoms with Crippen LogP contribution in [0.1, 0.15) is 12.0 Å². The molecule has 2 N–H and O–H groups in total. The molecule has 0 aromatic heterocycles. The lowest BCUT2D eigenvalue weighted by atomic mass is 10.1. The smallest absolute Gasteiger partial charge is 0.319 e. The first-order chi connectivity index (χ1) is 9.35. The fourth-order valence-electron chi connectivity index (χ4n) is 2.20. The molecule has 1 unspecified atom stereocenters. The van der Waals surface area contributed by atoms with E-state index in [0.717, 1.165) is 5.56 Å². The summed E-state index contributed by atoms with van der Waals surface area (Å²) in [7, 11) is -2.90. The fourth-order valence-corrected chi connectivity index (χ4v) is 4.29. The summed E-state index contributed by atoms with van der Waals surface area (Å²) >= 11 is 5.84. The van der Waals surface area contributed by atoms with Gasteiger partial charge in [-0.15, -0.1) is 0 Å². The van der Waals surface area contributed by atoms with Crippen molar-refractivity contribution in [2.24, 2.45) is 5.92 Å². The first-order valence-corrected chi connectivity index (χ1v) is 8.57. The summed E-state index contributed by atoms with van der Waals surface area (Å²) in [4.78, 5) is 11.8. The van der Waals surface area contributed by atoms with Crippen molar-refractivity contribution in [3.63, 3.8) is 0 Å². The van der Waals surface area contributed by atoms with Gasteiger partial charge in [-0.25, -0.2) is 13.2 Å². The lowest BCUT2D eigenvalue weighted by molar-refractivity contribution is 0.250. The minimum Gasteiger partial charge on any atom is -0.338 e. The van der Waals surface area contributed by atoms with Crippen LogP contribution in [0.3, 0.4) is 0 Å². The number of aryl methyl sites for hydroxylation is 1. The molecule has 0 bridgehead atoms. The van der Waals surface area contributed by atoms with Crippen LogP contribution in [-0.4, -0.2) is 32.5 Å². The van der Waals surface area contributed by atoms with E-state index in [9.17, 15) is 13.2 Å². The second kappa shape index (κ2) is 6.01. The average Bonchev–Trinajstić information content (AvgIpc) is 2.70. The number of hydrogen-bond donors (Lipinski definition) is 2. The minimum atomic E-state index is -2.90. The van der Waals surface area contributed by atoms with E-state index in [-0.39, 0.29) is 23.5 Å². The first-order valence-electron chi connectivity index (χ1n) is 6.37. The quantitative estimate of drug-likeness (QED) is 0.897. The van der Waals surface area contributed by atoms with E-state index in [0.29, 0.717) is 23.7 Å². The normalized spacial score (nSPS) is 20.6. The largest absolute Gasteiger partial charge is 0.338 e. The molecule has 1 atom stereocenters. The molecule has 2 amide bonds. The minimum absolute atomic E-state index is 0.0112. The maximum Gasteiger partial charge on any atom is 0.319 e. The number of amides is 2. The third kappa shape index (κ3) is 4.11. The van der Waals surface area contributed by atoms with E-state index in [2.05, 4.69) is 10.6 Å². The molecular weight excluding hydrogens is 300 g/mol. The van der Waals surface area contributed by atoms with E-state index in [4.69, 9.17) is 11.6 Å². The lowest BCUT2D eigenvalue weighted by Crippen LogP contribution is -2.33. The van der Waals surface area contributed by atoms with Crippen molar-refractivity contribution in [3.05, 3.63) is 28.8 Å². The highest BCUT2D eigenvalue weighted by atomic mass is 35.5. The van der Waals surface area contributed by atoms with Crippen molar-refractivity contribution in [1.82, 2.24) is 5.32 Å². The summed E-state index contributed by atoms with van der Waals surface area (Å²) in [5.41, 5.74) is 1.56. The number of rotatable bonds is 3. The molecule has 0 saturated carbocycles. The van der Waals surface area contributed by atoms with Crippen LogP contribution in [0.15, 0.2) is 18.2 Å². The fraction of sp³-hybridized carbons (Fsp3) is 0.462. The second-order valence-corrected chi connectivity index (χ2v) is 7.73. The van der Waals surface area contributed by atoms with Crippen LogP contribution in [0.4, 0.5) is 10.5 Å². The Kier molecular flexibility index (Phi) is 4.55. The Morgan fingerprint density at radius 1 is 1.45 bits per heavy atom. The lowest BCUT2D eigenvalue weighted by Gasteiger charge is -2.12. The summed E-state index contributed by atoms with van der Waals surface area (Å²) in [6.07, 6.45) is 0.614. The Labute approximate surface area is 123 Å². The van der Waals surface area contributed by atoms with Gasteiger partial charge in [0.25, 0.3) is 0 Å². The van der Waals surface area contributed by atoms with E-state index in [1.807, 2.05) is 6.92 Å². The summed E-state index contributed by atoms with van der Waals surface area (Å²) < 4.78 is 22.6. The van der Waals surface area contributed by atoms with Crippen LogP contribution in [0.2, 0.25) is 5.02 Å². The standard InChI is InChI=1S/C13H17ClN2O3S/c1-9-6-11(14)2-3-12(9)16-13(17)15-7-10-4-5-20(18,19)8-10/h2-3,6,10H,4-5,7-8H2,1H3,(H2,15,16,17). The summed E-state index contributed by atoms with van der Waals surface area (Å²) in [5, 5.41) is 6.04. The van der Waals surface area contributed by atoms with Gasteiger partial charge in [0, 0.05) is 17.3 Å². The molecule has 1 heterocycles. The predicted octanol–water partition coefficient (Wildman–Crippen LogP) is 2.20. The van der Waals surface area contributed by atoms with Crippen LogP contribution in [-0.2, 0) is 9.84 Å². The van der Waals surface area contributed by atoms with Crippen LogP contribution in [0, 0.1) is 12.8 Å². The second-order valence-electron chi connectivity index (χ2n) is 5.06. The molecule has 110 valence electrons. The molecular formula is C13H17ClN2O3S. The van der Waals surface area contributed by atoms with Gasteiger partial charge in [0.1, 0.15) is 0 Å². The molecule has 7 heteroatoms. The SMILES string of the molecule is Cc1cc(Cl)ccc1NC(=O)NCC1CCS(=O)(=O)C1. The van der Waals surface area contributed by atoms with Gasteiger partial charge in [-0.1, -0.05) is 11.6 Å². The molecule has 0 aliphatic carbocycles. The highest BCUT2D eigenvalue weighted by Crippen LogP contribution is 2.20. The van der Waals surface area contributed by atoms with E-state index < -0.39 is 9.84 Å². The number of carbonyl (C=O) groups excluding carboxylic acids is 1. The average molecular weight is 317 g/mol. The molecule has 1 aliphatic rings. The number of anilines is 1. The Balaban J connectivity index is 1.84. The molecule has 0 spiro atoms. The third-order valence-electron chi connectivity index (χ3n) is 3.31. The molecule has 1 aromatic rings. The zero-order valence-electron chi connectivity index (χ0n) is 11.1. The van der Waals surface area contributed by atoms with Crippen molar-refractivity contribution in [2.45, 2.75) is 13.3 Å². The van der Waals surface area contributed by atoms with Gasteiger partial charge in [-0.3, -0.25) is 0 Å². The molecule has 1 aromatic carbocycles. The first kappa shape index (κ1) is 15.1. The number of nitrogens with one attached hydrogen (secondary N) is 2. The van der Waals surface area contributed by atoms with Crippen LogP contribution >= 0.6 is 11.6 Å². The van der Waals surface area contributed by atoms with Crippen LogP contribution < -0.4 is 10.6 Å².